The molecule has 1 saturated heterocycles. The molecule has 0 bridgehead atoms. The normalized spacial score (nSPS) is 41.8. The van der Waals surface area contributed by atoms with Crippen LogP contribution in [0, 0.1) is 23.7 Å². The summed E-state index contributed by atoms with van der Waals surface area (Å²) in [6.07, 6.45) is 25.2. The Bertz CT molecular complexity index is 602. The van der Waals surface area contributed by atoms with Gasteiger partial charge in [-0.15, -0.1) is 0 Å². The van der Waals surface area contributed by atoms with Gasteiger partial charge >= 0.3 is 0 Å². The van der Waals surface area contributed by atoms with E-state index >= 15 is 0 Å². The summed E-state index contributed by atoms with van der Waals surface area (Å²) in [5, 5.41) is 0. The van der Waals surface area contributed by atoms with Crippen molar-refractivity contribution < 1.29 is 4.74 Å². The molecule has 0 aromatic heterocycles. The lowest BCUT2D eigenvalue weighted by molar-refractivity contribution is -0.125. The summed E-state index contributed by atoms with van der Waals surface area (Å²) >= 11 is 0. The highest BCUT2D eigenvalue weighted by molar-refractivity contribution is 5.00. The van der Waals surface area contributed by atoms with Crippen molar-refractivity contribution in [2.24, 2.45) is 23.7 Å². The summed E-state index contributed by atoms with van der Waals surface area (Å²) in [7, 11) is 13.5. The van der Waals surface area contributed by atoms with E-state index in [-0.39, 0.29) is 0 Å². The minimum atomic E-state index is 0.488. The van der Waals surface area contributed by atoms with E-state index in [0.29, 0.717) is 12.2 Å². The van der Waals surface area contributed by atoms with Crippen LogP contribution in [0.4, 0.5) is 0 Å². The Morgan fingerprint density at radius 2 is 0.800 bits per heavy atom. The van der Waals surface area contributed by atoms with Crippen LogP contribution in [0.5, 0.6) is 0 Å². The first-order valence-electron chi connectivity index (χ1n) is 15.1. The van der Waals surface area contributed by atoms with E-state index in [4.69, 9.17) is 4.74 Å². The maximum absolute atomic E-state index is 7.05. The van der Waals surface area contributed by atoms with E-state index in [1.165, 1.54) is 89.9 Å². The largest absolute Gasteiger partial charge is 0.374 e. The van der Waals surface area contributed by atoms with Crippen LogP contribution in [0.15, 0.2) is 12.2 Å². The monoisotopic (exact) mass is 487 g/mol. The molecule has 4 heteroatoms. The van der Waals surface area contributed by atoms with Crippen molar-refractivity contribution in [3.63, 3.8) is 0 Å². The lowest BCUT2D eigenvalue weighted by Gasteiger charge is -2.45. The van der Waals surface area contributed by atoms with Gasteiger partial charge in [-0.3, -0.25) is 0 Å². The number of allylic oxidation sites excluding steroid dienone is 2. The summed E-state index contributed by atoms with van der Waals surface area (Å²) in [5.74, 6) is 3.08. The Balaban J connectivity index is 1.37. The third kappa shape index (κ3) is 7.55. The maximum atomic E-state index is 7.05. The predicted octanol–water partition coefficient (Wildman–Crippen LogP) is 6.07. The Morgan fingerprint density at radius 3 is 1.17 bits per heavy atom. The van der Waals surface area contributed by atoms with Crippen molar-refractivity contribution >= 4 is 0 Å². The molecular formula is C31H57N3O. The summed E-state index contributed by atoms with van der Waals surface area (Å²) in [5.41, 5.74) is 0. The molecule has 1 aliphatic heterocycles. The molecule has 202 valence electrons. The average Bonchev–Trinajstić information content (AvgIpc) is 2.87. The highest BCUT2D eigenvalue weighted by Gasteiger charge is 2.39. The third-order valence-electron chi connectivity index (χ3n) is 10.5. The van der Waals surface area contributed by atoms with E-state index in [1.54, 1.807) is 0 Å². The minimum Gasteiger partial charge on any atom is -0.374 e. The van der Waals surface area contributed by atoms with E-state index in [0.717, 1.165) is 41.8 Å². The van der Waals surface area contributed by atoms with Gasteiger partial charge in [-0.05, 0) is 156 Å². The molecule has 0 amide bonds. The van der Waals surface area contributed by atoms with Crippen molar-refractivity contribution in [1.82, 2.24) is 14.7 Å². The lowest BCUT2D eigenvalue weighted by Crippen LogP contribution is -2.44. The van der Waals surface area contributed by atoms with Crippen molar-refractivity contribution in [2.75, 3.05) is 42.3 Å². The van der Waals surface area contributed by atoms with Crippen LogP contribution < -0.4 is 0 Å². The fourth-order valence-electron chi connectivity index (χ4n) is 7.90. The highest BCUT2D eigenvalue weighted by Crippen LogP contribution is 2.42. The Labute approximate surface area is 217 Å². The fourth-order valence-corrected chi connectivity index (χ4v) is 7.90. The second-order valence-electron chi connectivity index (χ2n) is 13.4. The Morgan fingerprint density at radius 1 is 0.457 bits per heavy atom. The molecule has 35 heavy (non-hydrogen) atoms. The summed E-state index contributed by atoms with van der Waals surface area (Å²) in [6, 6.07) is 2.35. The molecular weight excluding hydrogens is 430 g/mol. The van der Waals surface area contributed by atoms with Crippen molar-refractivity contribution in [1.29, 1.82) is 0 Å². The Hall–Kier alpha value is -0.420. The summed E-state index contributed by atoms with van der Waals surface area (Å²) in [6.45, 7) is 0. The van der Waals surface area contributed by atoms with Gasteiger partial charge in [-0.2, -0.15) is 0 Å². The average molecular weight is 488 g/mol. The lowest BCUT2D eigenvalue weighted by atomic mass is 9.74. The van der Waals surface area contributed by atoms with Crippen LogP contribution in [0.3, 0.4) is 0 Å². The number of nitrogens with zero attached hydrogens (tertiary/aromatic N) is 3. The molecule has 2 atom stereocenters. The fraction of sp³-hybridized carbons (Fsp3) is 0.935. The summed E-state index contributed by atoms with van der Waals surface area (Å²) < 4.78 is 7.05. The summed E-state index contributed by atoms with van der Waals surface area (Å²) in [4.78, 5) is 7.32. The van der Waals surface area contributed by atoms with Gasteiger partial charge in [0.15, 0.2) is 0 Å². The van der Waals surface area contributed by atoms with Crippen LogP contribution in [-0.4, -0.2) is 87.3 Å². The van der Waals surface area contributed by atoms with Gasteiger partial charge in [0.05, 0.1) is 12.2 Å². The van der Waals surface area contributed by atoms with Crippen LogP contribution >= 0.6 is 0 Å². The molecule has 4 nitrogen and oxygen atoms in total. The molecule has 0 spiro atoms. The maximum Gasteiger partial charge on any atom is 0.0612 e. The zero-order valence-corrected chi connectivity index (χ0v) is 24.0. The molecule has 2 unspecified atom stereocenters. The standard InChI is InChI=1S/C31H57N3O/c1-32(2)27-15-9-23(10-16-27)7-8-24-21-30(25-11-17-28(18-12-25)33(3)4)35-31(22-24)26-13-19-29(20-14-26)34(5)6/h7-8,23-31H,9-22H2,1-6H3/b8-7+. The zero-order valence-electron chi connectivity index (χ0n) is 24.0. The smallest absolute Gasteiger partial charge is 0.0612 e. The van der Waals surface area contributed by atoms with Crippen molar-refractivity contribution in [2.45, 2.75) is 120 Å². The van der Waals surface area contributed by atoms with Gasteiger partial charge in [0.25, 0.3) is 0 Å². The van der Waals surface area contributed by atoms with E-state index in [1.807, 2.05) is 0 Å². The third-order valence-corrected chi connectivity index (χ3v) is 10.5. The first-order chi connectivity index (χ1) is 16.8. The minimum absolute atomic E-state index is 0.488. The number of hydrogen-bond donors (Lipinski definition) is 0. The van der Waals surface area contributed by atoms with Crippen LogP contribution in [0.1, 0.15) is 89.9 Å². The van der Waals surface area contributed by atoms with Gasteiger partial charge in [0, 0.05) is 18.1 Å². The van der Waals surface area contributed by atoms with Crippen LogP contribution in [0.25, 0.3) is 0 Å². The van der Waals surface area contributed by atoms with Gasteiger partial charge in [0.1, 0.15) is 0 Å². The quantitative estimate of drug-likeness (QED) is 0.406. The molecule has 0 radical (unpaired) electrons. The molecule has 4 aliphatic rings. The number of hydrogen-bond acceptors (Lipinski definition) is 4. The topological polar surface area (TPSA) is 19.0 Å². The predicted molar refractivity (Wildman–Crippen MR) is 149 cm³/mol. The molecule has 3 aliphatic carbocycles. The first-order valence-corrected chi connectivity index (χ1v) is 15.1. The molecule has 4 rings (SSSR count). The molecule has 0 aromatic carbocycles. The SMILES string of the molecule is CN(C)C1CCC(/C=C/C2CC(C3CCC(N(C)C)CC3)OC(C3CCC(N(C)C)CC3)C2)CC1. The van der Waals surface area contributed by atoms with Crippen LogP contribution in [-0.2, 0) is 4.74 Å². The number of ether oxygens (including phenoxy) is 1. The molecule has 0 N–H and O–H groups in total. The first kappa shape index (κ1) is 27.6. The van der Waals surface area contributed by atoms with Gasteiger partial charge < -0.3 is 19.4 Å². The van der Waals surface area contributed by atoms with E-state index in [9.17, 15) is 0 Å². The molecule has 4 fully saturated rings. The second kappa shape index (κ2) is 12.9. The van der Waals surface area contributed by atoms with Gasteiger partial charge in [-0.25, -0.2) is 0 Å². The van der Waals surface area contributed by atoms with Gasteiger partial charge in [0.2, 0.25) is 0 Å². The highest BCUT2D eigenvalue weighted by atomic mass is 16.5. The van der Waals surface area contributed by atoms with E-state index < -0.39 is 0 Å². The zero-order chi connectivity index (χ0) is 24.9. The van der Waals surface area contributed by atoms with Crippen molar-refractivity contribution in [3.8, 4) is 0 Å². The van der Waals surface area contributed by atoms with E-state index in [2.05, 4.69) is 69.1 Å². The molecule has 1 heterocycles. The number of rotatable bonds is 7. The molecule has 0 aromatic rings. The van der Waals surface area contributed by atoms with Crippen molar-refractivity contribution in [3.05, 3.63) is 12.2 Å². The molecule has 3 saturated carbocycles. The van der Waals surface area contributed by atoms with Crippen LogP contribution in [0.2, 0.25) is 0 Å². The van der Waals surface area contributed by atoms with Gasteiger partial charge in [-0.1, -0.05) is 12.2 Å². The second-order valence-corrected chi connectivity index (χ2v) is 13.4. The Kier molecular flexibility index (Phi) is 10.2.